The third kappa shape index (κ3) is 4.14. The molecule has 9 nitrogen and oxygen atoms in total. The minimum Gasteiger partial charge on any atom is -0.480 e. The van der Waals surface area contributed by atoms with Crippen LogP contribution in [0.4, 0.5) is 10.1 Å². The number of carbonyl (C=O) groups excluding carboxylic acids is 1. The molecule has 1 aliphatic rings. The Morgan fingerprint density at radius 1 is 1.42 bits per heavy atom. The van der Waals surface area contributed by atoms with Crippen molar-refractivity contribution in [2.45, 2.75) is 25.8 Å². The lowest BCUT2D eigenvalue weighted by Gasteiger charge is -2.20. The van der Waals surface area contributed by atoms with E-state index in [2.05, 4.69) is 20.8 Å². The molecule has 0 radical (unpaired) electrons. The fourth-order valence-electron chi connectivity index (χ4n) is 2.88. The molecule has 140 valence electrons. The molecule has 2 aromatic rings. The first-order chi connectivity index (χ1) is 12.0. The number of nitrogens with zero attached hydrogens (tertiary/aromatic N) is 5. The van der Waals surface area contributed by atoms with Crippen LogP contribution in [0.1, 0.15) is 18.7 Å². The summed E-state index contributed by atoms with van der Waals surface area (Å²) in [4.78, 5) is 24.9. The molecule has 3 rings (SSSR count). The van der Waals surface area contributed by atoms with E-state index in [0.717, 1.165) is 0 Å². The van der Waals surface area contributed by atoms with Crippen molar-refractivity contribution in [2.75, 3.05) is 18.4 Å². The molecule has 0 unspecified atom stereocenters. The number of carboxylic acids is 1. The van der Waals surface area contributed by atoms with Gasteiger partial charge in [0.25, 0.3) is 0 Å². The van der Waals surface area contributed by atoms with Gasteiger partial charge in [-0.25, -0.2) is 4.39 Å². The molecule has 1 saturated heterocycles. The molecular weight excluding hydrogens is 367 g/mol. The standard InChI is InChI=1S/C15H17FN6O3.ClH/c1-9-18-19-20-22(9)10-4-5-11(16)12(7-10)17-14(23)8-21-6-2-3-13(21)15(24)25;/h4-5,7,13H,2-3,6,8H2,1H3,(H,17,23)(H,24,25);1H/t13-;/m0./s1. The molecule has 2 heterocycles. The smallest absolute Gasteiger partial charge is 0.320 e. The van der Waals surface area contributed by atoms with Crippen molar-refractivity contribution in [1.29, 1.82) is 0 Å². The van der Waals surface area contributed by atoms with Gasteiger partial charge < -0.3 is 10.4 Å². The van der Waals surface area contributed by atoms with Crippen LogP contribution in [-0.2, 0) is 9.59 Å². The number of carbonyl (C=O) groups is 2. The lowest BCUT2D eigenvalue weighted by atomic mass is 10.2. The largest absolute Gasteiger partial charge is 0.480 e. The Morgan fingerprint density at radius 3 is 2.85 bits per heavy atom. The first-order valence-electron chi connectivity index (χ1n) is 7.77. The van der Waals surface area contributed by atoms with E-state index < -0.39 is 23.7 Å². The van der Waals surface area contributed by atoms with Crippen LogP contribution in [0.2, 0.25) is 0 Å². The van der Waals surface area contributed by atoms with Crippen molar-refractivity contribution in [3.63, 3.8) is 0 Å². The average Bonchev–Trinajstić information content (AvgIpc) is 3.18. The van der Waals surface area contributed by atoms with Gasteiger partial charge in [-0.05, 0) is 54.9 Å². The average molecular weight is 385 g/mol. The third-order valence-electron chi connectivity index (χ3n) is 4.09. The summed E-state index contributed by atoms with van der Waals surface area (Å²) >= 11 is 0. The highest BCUT2D eigenvalue weighted by Crippen LogP contribution is 2.20. The maximum atomic E-state index is 14.0. The number of benzene rings is 1. The zero-order valence-corrected chi connectivity index (χ0v) is 14.7. The number of halogens is 2. The number of likely N-dealkylation sites (tertiary alicyclic amines) is 1. The summed E-state index contributed by atoms with van der Waals surface area (Å²) in [6.45, 7) is 2.11. The zero-order chi connectivity index (χ0) is 18.0. The molecule has 1 aromatic carbocycles. The SMILES string of the molecule is Cc1nnnn1-c1ccc(F)c(NC(=O)CN2CCC[C@H]2C(=O)O)c1.Cl. The van der Waals surface area contributed by atoms with Gasteiger partial charge in [-0.1, -0.05) is 0 Å². The second kappa shape index (κ2) is 8.19. The van der Waals surface area contributed by atoms with Crippen LogP contribution in [0, 0.1) is 12.7 Å². The molecule has 1 fully saturated rings. The van der Waals surface area contributed by atoms with Crippen LogP contribution in [0.25, 0.3) is 5.69 Å². The molecule has 2 N–H and O–H groups in total. The Kier molecular flexibility index (Phi) is 6.22. The molecule has 11 heteroatoms. The summed E-state index contributed by atoms with van der Waals surface area (Å²) in [5, 5.41) is 22.7. The van der Waals surface area contributed by atoms with Gasteiger partial charge in [-0.3, -0.25) is 14.5 Å². The summed E-state index contributed by atoms with van der Waals surface area (Å²) in [6.07, 6.45) is 1.22. The van der Waals surface area contributed by atoms with Crippen LogP contribution < -0.4 is 5.32 Å². The molecule has 1 aliphatic heterocycles. The van der Waals surface area contributed by atoms with E-state index >= 15 is 0 Å². The molecular formula is C15H18ClFN6O3. The van der Waals surface area contributed by atoms with Crippen LogP contribution in [0.5, 0.6) is 0 Å². The molecule has 1 atom stereocenters. The minimum absolute atomic E-state index is 0. The number of aromatic nitrogens is 4. The molecule has 26 heavy (non-hydrogen) atoms. The fourth-order valence-corrected chi connectivity index (χ4v) is 2.88. The van der Waals surface area contributed by atoms with Crippen LogP contribution >= 0.6 is 12.4 Å². The Labute approximate surface area is 154 Å². The number of hydrogen-bond acceptors (Lipinski definition) is 6. The summed E-state index contributed by atoms with van der Waals surface area (Å²) < 4.78 is 15.4. The summed E-state index contributed by atoms with van der Waals surface area (Å²) in [5.41, 5.74) is 0.493. The quantitative estimate of drug-likeness (QED) is 0.791. The van der Waals surface area contributed by atoms with Gasteiger partial charge in [0.15, 0.2) is 5.82 Å². The zero-order valence-electron chi connectivity index (χ0n) is 13.9. The fraction of sp³-hybridized carbons (Fsp3) is 0.400. The van der Waals surface area contributed by atoms with Crippen molar-refractivity contribution in [1.82, 2.24) is 25.1 Å². The first kappa shape index (κ1) is 19.7. The minimum atomic E-state index is -0.951. The normalized spacial score (nSPS) is 16.9. The molecule has 0 spiro atoms. The van der Waals surface area contributed by atoms with Crippen LogP contribution in [0.3, 0.4) is 0 Å². The van der Waals surface area contributed by atoms with Crippen molar-refractivity contribution in [3.8, 4) is 5.69 Å². The van der Waals surface area contributed by atoms with Gasteiger partial charge in [-0.2, -0.15) is 4.68 Å². The van der Waals surface area contributed by atoms with Gasteiger partial charge in [0.1, 0.15) is 11.9 Å². The number of nitrogens with one attached hydrogen (secondary N) is 1. The number of aliphatic carboxylic acids is 1. The van der Waals surface area contributed by atoms with Gasteiger partial charge >= 0.3 is 5.97 Å². The summed E-state index contributed by atoms with van der Waals surface area (Å²) in [7, 11) is 0. The molecule has 0 bridgehead atoms. The van der Waals surface area contributed by atoms with Crippen molar-refractivity contribution in [2.24, 2.45) is 0 Å². The number of anilines is 1. The molecule has 0 saturated carbocycles. The van der Waals surface area contributed by atoms with E-state index in [1.165, 1.54) is 22.9 Å². The van der Waals surface area contributed by atoms with Gasteiger partial charge in [0.2, 0.25) is 5.91 Å². The topological polar surface area (TPSA) is 113 Å². The lowest BCUT2D eigenvalue weighted by molar-refractivity contribution is -0.142. The Hall–Kier alpha value is -2.59. The summed E-state index contributed by atoms with van der Waals surface area (Å²) in [5.74, 6) is -1.51. The van der Waals surface area contributed by atoms with Crippen molar-refractivity contribution < 1.29 is 19.1 Å². The molecule has 1 amide bonds. The van der Waals surface area contributed by atoms with E-state index in [9.17, 15) is 14.0 Å². The number of aryl methyl sites for hydroxylation is 1. The van der Waals surface area contributed by atoms with Crippen LogP contribution in [0.15, 0.2) is 18.2 Å². The van der Waals surface area contributed by atoms with Crippen molar-refractivity contribution >= 4 is 30.0 Å². The Balaban J connectivity index is 0.00000243. The van der Waals surface area contributed by atoms with Gasteiger partial charge in [0, 0.05) is 0 Å². The van der Waals surface area contributed by atoms with Crippen molar-refractivity contribution in [3.05, 3.63) is 29.8 Å². The molecule has 1 aromatic heterocycles. The maximum absolute atomic E-state index is 14.0. The number of hydrogen-bond donors (Lipinski definition) is 2. The highest BCUT2D eigenvalue weighted by atomic mass is 35.5. The van der Waals surface area contributed by atoms with Gasteiger partial charge in [0.05, 0.1) is 17.9 Å². The number of carboxylic acid groups (broad SMARTS) is 1. The third-order valence-corrected chi connectivity index (χ3v) is 4.09. The number of tetrazole rings is 1. The molecule has 0 aliphatic carbocycles. The van der Waals surface area contributed by atoms with Gasteiger partial charge in [-0.15, -0.1) is 17.5 Å². The Bertz CT molecular complexity index is 814. The number of amides is 1. The second-order valence-electron chi connectivity index (χ2n) is 5.82. The first-order valence-corrected chi connectivity index (χ1v) is 7.77. The monoisotopic (exact) mass is 384 g/mol. The highest BCUT2D eigenvalue weighted by Gasteiger charge is 2.31. The predicted molar refractivity (Wildman–Crippen MR) is 92.0 cm³/mol. The van der Waals surface area contributed by atoms with E-state index in [1.807, 2.05) is 0 Å². The lowest BCUT2D eigenvalue weighted by Crippen LogP contribution is -2.41. The van der Waals surface area contributed by atoms with E-state index in [1.54, 1.807) is 11.8 Å². The second-order valence-corrected chi connectivity index (χ2v) is 5.82. The highest BCUT2D eigenvalue weighted by molar-refractivity contribution is 5.93. The van der Waals surface area contributed by atoms with E-state index in [4.69, 9.17) is 5.11 Å². The Morgan fingerprint density at radius 2 is 2.19 bits per heavy atom. The van der Waals surface area contributed by atoms with E-state index in [0.29, 0.717) is 30.9 Å². The van der Waals surface area contributed by atoms with E-state index in [-0.39, 0.29) is 24.6 Å². The number of rotatable bonds is 5. The maximum Gasteiger partial charge on any atom is 0.320 e. The van der Waals surface area contributed by atoms with Crippen LogP contribution in [-0.4, -0.2) is 61.2 Å². The summed E-state index contributed by atoms with van der Waals surface area (Å²) in [6, 6.07) is 3.46. The predicted octanol–water partition coefficient (Wildman–Crippen LogP) is 1.02.